The minimum Gasteiger partial charge on any atom is -0.312 e. The van der Waals surface area contributed by atoms with E-state index in [-0.39, 0.29) is 5.82 Å². The first-order valence-corrected chi connectivity index (χ1v) is 5.86. The Morgan fingerprint density at radius 1 is 1.50 bits per heavy atom. The summed E-state index contributed by atoms with van der Waals surface area (Å²) < 4.78 is 13.4. The fourth-order valence-electron chi connectivity index (χ4n) is 2.15. The number of aryl methyl sites for hydroxylation is 1. The van der Waals surface area contributed by atoms with Crippen molar-refractivity contribution in [2.75, 3.05) is 19.6 Å². The molecule has 1 atom stereocenters. The van der Waals surface area contributed by atoms with Crippen LogP contribution in [0, 0.1) is 12.7 Å². The van der Waals surface area contributed by atoms with Crippen LogP contribution in [0.2, 0.25) is 0 Å². The Balaban J connectivity index is 2.00. The molecule has 0 radical (unpaired) electrons. The summed E-state index contributed by atoms with van der Waals surface area (Å²) in [6.45, 7) is 7.93. The number of nitrogens with one attached hydrogen (secondary N) is 1. The molecule has 1 aromatic rings. The first-order valence-electron chi connectivity index (χ1n) is 5.86. The van der Waals surface area contributed by atoms with E-state index < -0.39 is 0 Å². The molecule has 1 N–H and O–H groups in total. The highest BCUT2D eigenvalue weighted by Crippen LogP contribution is 2.12. The molecular formula is C13H19FN2. The lowest BCUT2D eigenvalue weighted by Gasteiger charge is -2.31. The molecule has 1 aliphatic rings. The highest BCUT2D eigenvalue weighted by atomic mass is 19.1. The molecule has 0 bridgehead atoms. The number of hydrogen-bond acceptors (Lipinski definition) is 2. The molecule has 1 aliphatic heterocycles. The molecule has 88 valence electrons. The van der Waals surface area contributed by atoms with Gasteiger partial charge >= 0.3 is 0 Å². The van der Waals surface area contributed by atoms with Crippen LogP contribution in [0.5, 0.6) is 0 Å². The Bertz CT molecular complexity index is 365. The van der Waals surface area contributed by atoms with Gasteiger partial charge < -0.3 is 5.32 Å². The molecule has 0 aromatic heterocycles. The summed E-state index contributed by atoms with van der Waals surface area (Å²) in [6, 6.07) is 6.06. The lowest BCUT2D eigenvalue weighted by Crippen LogP contribution is -2.48. The van der Waals surface area contributed by atoms with Crippen LogP contribution in [-0.4, -0.2) is 30.6 Å². The lowest BCUT2D eigenvalue weighted by atomic mass is 10.1. The van der Waals surface area contributed by atoms with Crippen molar-refractivity contribution in [2.24, 2.45) is 0 Å². The van der Waals surface area contributed by atoms with Gasteiger partial charge in [0, 0.05) is 32.2 Å². The smallest absolute Gasteiger partial charge is 0.126 e. The maximum Gasteiger partial charge on any atom is 0.126 e. The van der Waals surface area contributed by atoms with Crippen LogP contribution in [-0.2, 0) is 6.54 Å². The minimum atomic E-state index is -0.0966. The number of rotatable bonds is 2. The lowest BCUT2D eigenvalue weighted by molar-refractivity contribution is 0.199. The van der Waals surface area contributed by atoms with Gasteiger partial charge in [-0.25, -0.2) is 4.39 Å². The molecule has 2 nitrogen and oxygen atoms in total. The van der Waals surface area contributed by atoms with E-state index in [0.29, 0.717) is 6.04 Å². The third-order valence-corrected chi connectivity index (χ3v) is 3.10. The zero-order valence-corrected chi connectivity index (χ0v) is 9.96. The minimum absolute atomic E-state index is 0.0966. The third-order valence-electron chi connectivity index (χ3n) is 3.10. The summed E-state index contributed by atoms with van der Waals surface area (Å²) in [5.74, 6) is -0.0966. The monoisotopic (exact) mass is 222 g/mol. The van der Waals surface area contributed by atoms with Crippen molar-refractivity contribution >= 4 is 0 Å². The van der Waals surface area contributed by atoms with Gasteiger partial charge in [-0.15, -0.1) is 0 Å². The highest BCUT2D eigenvalue weighted by molar-refractivity contribution is 5.23. The van der Waals surface area contributed by atoms with Gasteiger partial charge in [0.25, 0.3) is 0 Å². The molecule has 0 amide bonds. The normalized spacial score (nSPS) is 22.3. The van der Waals surface area contributed by atoms with Crippen molar-refractivity contribution in [3.8, 4) is 0 Å². The average molecular weight is 222 g/mol. The first-order chi connectivity index (χ1) is 7.65. The summed E-state index contributed by atoms with van der Waals surface area (Å²) in [6.07, 6.45) is 0. The predicted octanol–water partition coefficient (Wildman–Crippen LogP) is 1.93. The summed E-state index contributed by atoms with van der Waals surface area (Å²) >= 11 is 0. The summed E-state index contributed by atoms with van der Waals surface area (Å²) in [7, 11) is 0. The van der Waals surface area contributed by atoms with Crippen LogP contribution in [0.3, 0.4) is 0 Å². The highest BCUT2D eigenvalue weighted by Gasteiger charge is 2.15. The predicted molar refractivity (Wildman–Crippen MR) is 63.9 cm³/mol. The van der Waals surface area contributed by atoms with Gasteiger partial charge in [-0.05, 0) is 31.0 Å². The number of hydrogen-bond donors (Lipinski definition) is 1. The van der Waals surface area contributed by atoms with Gasteiger partial charge in [0.2, 0.25) is 0 Å². The topological polar surface area (TPSA) is 15.3 Å². The van der Waals surface area contributed by atoms with Crippen LogP contribution in [0.15, 0.2) is 18.2 Å². The zero-order valence-electron chi connectivity index (χ0n) is 9.96. The Kier molecular flexibility index (Phi) is 3.56. The molecule has 1 fully saturated rings. The van der Waals surface area contributed by atoms with E-state index >= 15 is 0 Å². The van der Waals surface area contributed by atoms with Crippen molar-refractivity contribution in [1.29, 1.82) is 0 Å². The molecule has 0 spiro atoms. The van der Waals surface area contributed by atoms with Gasteiger partial charge in [-0.3, -0.25) is 4.90 Å². The van der Waals surface area contributed by atoms with E-state index in [4.69, 9.17) is 0 Å². The van der Waals surface area contributed by atoms with E-state index in [1.165, 1.54) is 0 Å². The van der Waals surface area contributed by atoms with E-state index in [1.807, 2.05) is 12.1 Å². The van der Waals surface area contributed by atoms with E-state index in [2.05, 4.69) is 17.1 Å². The molecule has 0 saturated carbocycles. The Morgan fingerprint density at radius 2 is 2.31 bits per heavy atom. The molecule has 16 heavy (non-hydrogen) atoms. The first kappa shape index (κ1) is 11.6. The average Bonchev–Trinajstić information content (AvgIpc) is 2.24. The number of piperazine rings is 1. The fourth-order valence-corrected chi connectivity index (χ4v) is 2.15. The van der Waals surface area contributed by atoms with Gasteiger partial charge in [0.1, 0.15) is 5.82 Å². The molecule has 2 rings (SSSR count). The molecule has 1 heterocycles. The van der Waals surface area contributed by atoms with Crippen LogP contribution < -0.4 is 5.32 Å². The van der Waals surface area contributed by atoms with E-state index in [1.54, 1.807) is 13.0 Å². The Morgan fingerprint density at radius 3 is 3.00 bits per heavy atom. The van der Waals surface area contributed by atoms with Crippen LogP contribution in [0.25, 0.3) is 0 Å². The summed E-state index contributed by atoms with van der Waals surface area (Å²) in [5, 5.41) is 3.40. The second kappa shape index (κ2) is 4.93. The Labute approximate surface area is 96.5 Å². The van der Waals surface area contributed by atoms with Crippen molar-refractivity contribution in [1.82, 2.24) is 10.2 Å². The van der Waals surface area contributed by atoms with Crippen molar-refractivity contribution in [3.63, 3.8) is 0 Å². The largest absolute Gasteiger partial charge is 0.312 e. The molecule has 1 aromatic carbocycles. The van der Waals surface area contributed by atoms with Gasteiger partial charge in [-0.1, -0.05) is 12.1 Å². The SMILES string of the molecule is Cc1ccc(CN2CCN[C@H](C)C2)cc1F. The van der Waals surface area contributed by atoms with Crippen LogP contribution in [0.1, 0.15) is 18.1 Å². The number of benzene rings is 1. The quantitative estimate of drug-likeness (QED) is 0.822. The van der Waals surface area contributed by atoms with Gasteiger partial charge in [0.15, 0.2) is 0 Å². The molecule has 3 heteroatoms. The second-order valence-corrected chi connectivity index (χ2v) is 4.67. The van der Waals surface area contributed by atoms with E-state index in [0.717, 1.165) is 37.3 Å². The summed E-state index contributed by atoms with van der Waals surface area (Å²) in [5.41, 5.74) is 1.79. The number of nitrogens with zero attached hydrogens (tertiary/aromatic N) is 1. The maximum atomic E-state index is 13.4. The zero-order chi connectivity index (χ0) is 11.5. The summed E-state index contributed by atoms with van der Waals surface area (Å²) in [4.78, 5) is 2.37. The molecular weight excluding hydrogens is 203 g/mol. The van der Waals surface area contributed by atoms with Gasteiger partial charge in [-0.2, -0.15) is 0 Å². The second-order valence-electron chi connectivity index (χ2n) is 4.67. The van der Waals surface area contributed by atoms with Crippen molar-refractivity contribution < 1.29 is 4.39 Å². The molecule has 1 saturated heterocycles. The fraction of sp³-hybridized carbons (Fsp3) is 0.538. The van der Waals surface area contributed by atoms with Crippen molar-refractivity contribution in [2.45, 2.75) is 26.4 Å². The van der Waals surface area contributed by atoms with Crippen LogP contribution in [0.4, 0.5) is 4.39 Å². The standard InChI is InChI=1S/C13H19FN2/c1-10-3-4-12(7-13(10)14)9-16-6-5-15-11(2)8-16/h3-4,7,11,15H,5-6,8-9H2,1-2H3/t11-/m1/s1. The van der Waals surface area contributed by atoms with Crippen molar-refractivity contribution in [3.05, 3.63) is 35.1 Å². The van der Waals surface area contributed by atoms with Gasteiger partial charge in [0.05, 0.1) is 0 Å². The maximum absolute atomic E-state index is 13.4. The Hall–Kier alpha value is -0.930. The third kappa shape index (κ3) is 2.80. The van der Waals surface area contributed by atoms with E-state index in [9.17, 15) is 4.39 Å². The van der Waals surface area contributed by atoms with Crippen LogP contribution >= 0.6 is 0 Å². The number of halogens is 1. The molecule has 0 aliphatic carbocycles. The molecule has 0 unspecified atom stereocenters.